The minimum absolute atomic E-state index is 0.000961. The number of esters is 1. The lowest BCUT2D eigenvalue weighted by Crippen LogP contribution is -2.43. The Balaban J connectivity index is 1.22. The van der Waals surface area contributed by atoms with Gasteiger partial charge in [0.25, 0.3) is 0 Å². The zero-order valence-electron chi connectivity index (χ0n) is 23.1. The number of hydrogen-bond donors (Lipinski definition) is 2. The number of aryl methyl sites for hydroxylation is 2. The van der Waals surface area contributed by atoms with Crippen LogP contribution in [0, 0.1) is 13.8 Å². The van der Waals surface area contributed by atoms with Crippen molar-refractivity contribution in [1.29, 1.82) is 0 Å². The van der Waals surface area contributed by atoms with E-state index >= 15 is 0 Å². The number of ether oxygens (including phenoxy) is 5. The van der Waals surface area contributed by atoms with Crippen LogP contribution in [0.3, 0.4) is 0 Å². The summed E-state index contributed by atoms with van der Waals surface area (Å²) < 4.78 is 28.2. The van der Waals surface area contributed by atoms with Crippen LogP contribution in [0.1, 0.15) is 41.0 Å². The Morgan fingerprint density at radius 3 is 2.50 bits per heavy atom. The zero-order valence-corrected chi connectivity index (χ0v) is 23.1. The van der Waals surface area contributed by atoms with Gasteiger partial charge in [-0.15, -0.1) is 0 Å². The third-order valence-electron chi connectivity index (χ3n) is 7.52. The Morgan fingerprint density at radius 2 is 1.75 bits per heavy atom. The maximum Gasteiger partial charge on any atom is 0.306 e. The van der Waals surface area contributed by atoms with Crippen molar-refractivity contribution in [2.24, 2.45) is 0 Å². The van der Waals surface area contributed by atoms with E-state index in [-0.39, 0.29) is 24.6 Å². The summed E-state index contributed by atoms with van der Waals surface area (Å²) in [6, 6.07) is 18.1. The number of rotatable bonds is 9. The van der Waals surface area contributed by atoms with Gasteiger partial charge in [-0.05, 0) is 65.9 Å². The van der Waals surface area contributed by atoms with Gasteiger partial charge in [0.05, 0.1) is 39.0 Å². The van der Waals surface area contributed by atoms with Crippen molar-refractivity contribution in [3.8, 4) is 28.4 Å². The van der Waals surface area contributed by atoms with Crippen molar-refractivity contribution in [1.82, 2.24) is 0 Å². The number of methoxy groups -OCH3 is 1. The second-order valence-electron chi connectivity index (χ2n) is 10.5. The lowest BCUT2D eigenvalue weighted by Gasteiger charge is -2.30. The van der Waals surface area contributed by atoms with E-state index in [1.807, 2.05) is 42.5 Å². The summed E-state index contributed by atoms with van der Waals surface area (Å²) in [6.45, 7) is 5.42. The fourth-order valence-corrected chi connectivity index (χ4v) is 5.39. The lowest BCUT2D eigenvalue weighted by atomic mass is 9.94. The Labute approximate surface area is 234 Å². The van der Waals surface area contributed by atoms with Crippen LogP contribution in [0.15, 0.2) is 54.6 Å². The number of aliphatic hydroxyl groups is 2. The molecule has 1 fully saturated rings. The highest BCUT2D eigenvalue weighted by atomic mass is 16.5. The van der Waals surface area contributed by atoms with Gasteiger partial charge in [-0.25, -0.2) is 0 Å². The molecule has 0 amide bonds. The van der Waals surface area contributed by atoms with Crippen LogP contribution in [-0.4, -0.2) is 61.4 Å². The van der Waals surface area contributed by atoms with Gasteiger partial charge in [-0.1, -0.05) is 24.3 Å². The average Bonchev–Trinajstić information content (AvgIpc) is 3.34. The summed E-state index contributed by atoms with van der Waals surface area (Å²) >= 11 is 0. The SMILES string of the molecule is COC(=O)C[C@@H]1COc2cc(OCc3cccc(-c4c(C)cc(OC[C@@H]5C[C@@H](O)[C@@H](O)CO5)cc4C)c3)ccc21. The molecule has 5 rings (SSSR count). The number of carbonyl (C=O) groups is 1. The van der Waals surface area contributed by atoms with Crippen LogP contribution in [-0.2, 0) is 20.9 Å². The first kappa shape index (κ1) is 28.0. The molecule has 0 aromatic heterocycles. The van der Waals surface area contributed by atoms with Crippen molar-refractivity contribution in [3.63, 3.8) is 0 Å². The first-order valence-corrected chi connectivity index (χ1v) is 13.6. The Bertz CT molecular complexity index is 1330. The molecule has 212 valence electrons. The number of hydrogen-bond acceptors (Lipinski definition) is 8. The average molecular weight is 549 g/mol. The van der Waals surface area contributed by atoms with Crippen LogP contribution >= 0.6 is 0 Å². The Morgan fingerprint density at radius 1 is 0.950 bits per heavy atom. The van der Waals surface area contributed by atoms with E-state index in [1.165, 1.54) is 7.11 Å². The van der Waals surface area contributed by atoms with Crippen molar-refractivity contribution in [2.75, 3.05) is 26.9 Å². The molecule has 0 aliphatic carbocycles. The summed E-state index contributed by atoms with van der Waals surface area (Å²) in [5.41, 5.74) is 6.45. The molecular formula is C32H36O8. The molecule has 8 nitrogen and oxygen atoms in total. The topological polar surface area (TPSA) is 104 Å². The number of aliphatic hydroxyl groups excluding tert-OH is 2. The third-order valence-corrected chi connectivity index (χ3v) is 7.52. The van der Waals surface area contributed by atoms with E-state index in [2.05, 4.69) is 26.0 Å². The van der Waals surface area contributed by atoms with E-state index in [0.29, 0.717) is 38.4 Å². The number of benzene rings is 3. The summed E-state index contributed by atoms with van der Waals surface area (Å²) in [7, 11) is 1.40. The molecule has 1 saturated heterocycles. The van der Waals surface area contributed by atoms with E-state index in [0.717, 1.165) is 44.9 Å². The normalized spacial score (nSPS) is 21.8. The third kappa shape index (κ3) is 6.41. The lowest BCUT2D eigenvalue weighted by molar-refractivity contribution is -0.141. The van der Waals surface area contributed by atoms with Crippen LogP contribution < -0.4 is 14.2 Å². The molecule has 8 heteroatoms. The van der Waals surface area contributed by atoms with Crippen molar-refractivity contribution in [2.45, 2.75) is 57.5 Å². The molecule has 3 aromatic carbocycles. The molecule has 0 radical (unpaired) electrons. The van der Waals surface area contributed by atoms with E-state index in [4.69, 9.17) is 23.7 Å². The second kappa shape index (κ2) is 12.3. The molecule has 2 heterocycles. The first-order valence-electron chi connectivity index (χ1n) is 13.6. The predicted octanol–water partition coefficient (Wildman–Crippen LogP) is 4.48. The van der Waals surface area contributed by atoms with E-state index < -0.39 is 12.2 Å². The van der Waals surface area contributed by atoms with Gasteiger partial charge in [0, 0.05) is 24.0 Å². The van der Waals surface area contributed by atoms with Gasteiger partial charge in [0.2, 0.25) is 0 Å². The van der Waals surface area contributed by atoms with Crippen LogP contribution in [0.2, 0.25) is 0 Å². The molecular weight excluding hydrogens is 512 g/mol. The molecule has 0 saturated carbocycles. The van der Waals surface area contributed by atoms with Gasteiger partial charge >= 0.3 is 5.97 Å². The van der Waals surface area contributed by atoms with Crippen molar-refractivity contribution in [3.05, 3.63) is 76.9 Å². The molecule has 4 atom stereocenters. The quantitative estimate of drug-likeness (QED) is 0.378. The number of carbonyl (C=O) groups excluding carboxylic acids is 1. The highest BCUT2D eigenvalue weighted by Gasteiger charge is 2.29. The van der Waals surface area contributed by atoms with Crippen molar-refractivity contribution < 1.29 is 38.7 Å². The van der Waals surface area contributed by atoms with Crippen molar-refractivity contribution >= 4 is 5.97 Å². The van der Waals surface area contributed by atoms with Gasteiger partial charge in [-0.2, -0.15) is 0 Å². The smallest absolute Gasteiger partial charge is 0.306 e. The highest BCUT2D eigenvalue weighted by Crippen LogP contribution is 2.39. The predicted molar refractivity (Wildman–Crippen MR) is 149 cm³/mol. The standard InChI is InChI=1S/C32H36O8/c1-19-9-25(38-17-26-13-28(33)29(34)18-39-26)10-20(2)32(19)22-6-4-5-21(11-22)15-37-24-7-8-27-23(12-31(35)36-3)16-40-30(27)14-24/h4-11,14,23,26,28-29,33-34H,12-13,15-18H2,1-3H3/t23-,26+,28-,29+/m1/s1. The monoisotopic (exact) mass is 548 g/mol. The minimum Gasteiger partial charge on any atom is -0.492 e. The molecule has 2 aliphatic heterocycles. The van der Waals surface area contributed by atoms with Crippen LogP contribution in [0.5, 0.6) is 17.2 Å². The van der Waals surface area contributed by atoms with Gasteiger partial charge in [0.15, 0.2) is 0 Å². The first-order chi connectivity index (χ1) is 19.3. The van der Waals surface area contributed by atoms with E-state index in [9.17, 15) is 15.0 Å². The molecule has 2 N–H and O–H groups in total. The van der Waals surface area contributed by atoms with Crippen LogP contribution in [0.4, 0.5) is 0 Å². The molecule has 0 spiro atoms. The summed E-state index contributed by atoms with van der Waals surface area (Å²) in [5.74, 6) is 1.96. The number of fused-ring (bicyclic) bond motifs is 1. The summed E-state index contributed by atoms with van der Waals surface area (Å²) in [6.07, 6.45) is -1.23. The van der Waals surface area contributed by atoms with Gasteiger partial charge < -0.3 is 33.9 Å². The highest BCUT2D eigenvalue weighted by molar-refractivity contribution is 5.72. The molecule has 3 aromatic rings. The maximum atomic E-state index is 11.7. The summed E-state index contributed by atoms with van der Waals surface area (Å²) in [4.78, 5) is 11.7. The Hall–Kier alpha value is -3.59. The van der Waals surface area contributed by atoms with Crippen LogP contribution in [0.25, 0.3) is 11.1 Å². The molecule has 2 aliphatic rings. The van der Waals surface area contributed by atoms with E-state index in [1.54, 1.807) is 0 Å². The molecule has 40 heavy (non-hydrogen) atoms. The maximum absolute atomic E-state index is 11.7. The molecule has 0 bridgehead atoms. The fraction of sp³-hybridized carbons (Fsp3) is 0.406. The fourth-order valence-electron chi connectivity index (χ4n) is 5.39. The largest absolute Gasteiger partial charge is 0.492 e. The van der Waals surface area contributed by atoms with Gasteiger partial charge in [-0.3, -0.25) is 4.79 Å². The zero-order chi connectivity index (χ0) is 28.2. The molecule has 0 unspecified atom stereocenters. The summed E-state index contributed by atoms with van der Waals surface area (Å²) in [5, 5.41) is 19.5. The Kier molecular flexibility index (Phi) is 8.59. The second-order valence-corrected chi connectivity index (χ2v) is 10.5. The van der Waals surface area contributed by atoms with Gasteiger partial charge in [0.1, 0.15) is 36.6 Å². The minimum atomic E-state index is -0.837.